The third kappa shape index (κ3) is 3.39. The molecule has 0 atom stereocenters. The fourth-order valence-corrected chi connectivity index (χ4v) is 1.90. The van der Waals surface area contributed by atoms with Crippen molar-refractivity contribution in [3.63, 3.8) is 0 Å². The summed E-state index contributed by atoms with van der Waals surface area (Å²) in [5, 5.41) is 21.8. The van der Waals surface area contributed by atoms with E-state index >= 15 is 0 Å². The van der Waals surface area contributed by atoms with E-state index in [4.69, 9.17) is 27.9 Å². The molecule has 0 N–H and O–H groups in total. The van der Waals surface area contributed by atoms with Gasteiger partial charge in [0.2, 0.25) is 5.75 Å². The molecule has 0 bridgehead atoms. The Hall–Kier alpha value is -2.38. The van der Waals surface area contributed by atoms with Crippen molar-refractivity contribution in [2.45, 2.75) is 0 Å². The minimum Gasteiger partial charge on any atom is -0.450 e. The average molecular weight is 329 g/mol. The lowest BCUT2D eigenvalue weighted by molar-refractivity contribution is -0.386. The summed E-state index contributed by atoms with van der Waals surface area (Å²) in [7, 11) is 0. The molecule has 0 aliphatic rings. The van der Waals surface area contributed by atoms with Gasteiger partial charge in [0.1, 0.15) is 10.8 Å². The Balaban J connectivity index is 2.41. The SMILES string of the molecule is O=[N+]([O-])c1cc(Oc2ccc(Cl)cc2[N+](=O)[O-])ccc1Cl. The number of halogens is 2. The van der Waals surface area contributed by atoms with Gasteiger partial charge in [0, 0.05) is 11.1 Å². The van der Waals surface area contributed by atoms with Crippen LogP contribution < -0.4 is 4.74 Å². The number of hydrogen-bond acceptors (Lipinski definition) is 5. The molecule has 0 aliphatic carbocycles. The predicted octanol–water partition coefficient (Wildman–Crippen LogP) is 4.60. The van der Waals surface area contributed by atoms with Crippen LogP contribution >= 0.6 is 23.2 Å². The lowest BCUT2D eigenvalue weighted by Crippen LogP contribution is -1.95. The van der Waals surface area contributed by atoms with Crippen molar-refractivity contribution in [1.82, 2.24) is 0 Å². The fraction of sp³-hybridized carbons (Fsp3) is 0. The van der Waals surface area contributed by atoms with Gasteiger partial charge in [0.15, 0.2) is 0 Å². The number of benzene rings is 2. The maximum atomic E-state index is 10.9. The molecule has 0 aromatic heterocycles. The lowest BCUT2D eigenvalue weighted by Gasteiger charge is -2.07. The van der Waals surface area contributed by atoms with Crippen molar-refractivity contribution in [2.24, 2.45) is 0 Å². The third-order valence-electron chi connectivity index (χ3n) is 2.46. The van der Waals surface area contributed by atoms with Gasteiger partial charge in [-0.15, -0.1) is 0 Å². The maximum absolute atomic E-state index is 10.9. The molecule has 0 spiro atoms. The molecule has 0 saturated heterocycles. The highest BCUT2D eigenvalue weighted by Crippen LogP contribution is 2.36. The summed E-state index contributed by atoms with van der Waals surface area (Å²) in [6, 6.07) is 7.57. The standard InChI is InChI=1S/C12H6Cl2N2O5/c13-7-1-4-12(11(5-7)16(19)20)21-8-2-3-9(14)10(6-8)15(17)18/h1-6H. The molecule has 2 aromatic rings. The van der Waals surface area contributed by atoms with Crippen molar-refractivity contribution in [2.75, 3.05) is 0 Å². The van der Waals surface area contributed by atoms with E-state index in [2.05, 4.69) is 0 Å². The first-order valence-corrected chi connectivity index (χ1v) is 6.20. The second kappa shape index (κ2) is 5.94. The van der Waals surface area contributed by atoms with Gasteiger partial charge in [-0.3, -0.25) is 20.2 Å². The van der Waals surface area contributed by atoms with Gasteiger partial charge >= 0.3 is 5.69 Å². The highest BCUT2D eigenvalue weighted by atomic mass is 35.5. The van der Waals surface area contributed by atoms with E-state index in [0.29, 0.717) is 0 Å². The minimum absolute atomic E-state index is 0.0523. The zero-order valence-electron chi connectivity index (χ0n) is 10.2. The first kappa shape index (κ1) is 15.0. The van der Waals surface area contributed by atoms with Crippen molar-refractivity contribution in [3.05, 3.63) is 66.7 Å². The number of nitro groups is 2. The van der Waals surface area contributed by atoms with Crippen LogP contribution in [-0.4, -0.2) is 9.85 Å². The van der Waals surface area contributed by atoms with Gasteiger partial charge in [-0.05, 0) is 24.3 Å². The van der Waals surface area contributed by atoms with E-state index in [-0.39, 0.29) is 32.9 Å². The molecule has 21 heavy (non-hydrogen) atoms. The summed E-state index contributed by atoms with van der Waals surface area (Å²) >= 11 is 11.4. The Morgan fingerprint density at radius 3 is 2.19 bits per heavy atom. The molecule has 0 unspecified atom stereocenters. The van der Waals surface area contributed by atoms with E-state index in [9.17, 15) is 20.2 Å². The monoisotopic (exact) mass is 328 g/mol. The quantitative estimate of drug-likeness (QED) is 0.603. The molecule has 0 amide bonds. The van der Waals surface area contributed by atoms with E-state index < -0.39 is 9.85 Å². The highest BCUT2D eigenvalue weighted by molar-refractivity contribution is 6.32. The Kier molecular flexibility index (Phi) is 4.25. The molecule has 0 radical (unpaired) electrons. The molecule has 2 aromatic carbocycles. The molecule has 2 rings (SSSR count). The largest absolute Gasteiger partial charge is 0.450 e. The van der Waals surface area contributed by atoms with Crippen LogP contribution in [0.5, 0.6) is 11.5 Å². The normalized spacial score (nSPS) is 10.2. The van der Waals surface area contributed by atoms with Crippen LogP contribution in [0.25, 0.3) is 0 Å². The summed E-state index contributed by atoms with van der Waals surface area (Å²) in [4.78, 5) is 20.4. The third-order valence-corrected chi connectivity index (χ3v) is 3.01. The van der Waals surface area contributed by atoms with Crippen LogP contribution in [0.15, 0.2) is 36.4 Å². The van der Waals surface area contributed by atoms with E-state index in [0.717, 1.165) is 12.1 Å². The predicted molar refractivity (Wildman–Crippen MR) is 76.3 cm³/mol. The van der Waals surface area contributed by atoms with Crippen LogP contribution in [-0.2, 0) is 0 Å². The molecule has 7 nitrogen and oxygen atoms in total. The summed E-state index contributed by atoms with van der Waals surface area (Å²) in [6.45, 7) is 0. The second-order valence-corrected chi connectivity index (χ2v) is 4.69. The van der Waals surface area contributed by atoms with Gasteiger partial charge in [-0.25, -0.2) is 0 Å². The fourth-order valence-electron chi connectivity index (χ4n) is 1.54. The van der Waals surface area contributed by atoms with E-state index in [1.165, 1.54) is 24.3 Å². The van der Waals surface area contributed by atoms with Crippen LogP contribution in [0, 0.1) is 20.2 Å². The zero-order valence-corrected chi connectivity index (χ0v) is 11.7. The first-order chi connectivity index (χ1) is 9.88. The summed E-state index contributed by atoms with van der Waals surface area (Å²) < 4.78 is 5.31. The molecule has 0 saturated carbocycles. The van der Waals surface area contributed by atoms with Crippen LogP contribution in [0.1, 0.15) is 0 Å². The second-order valence-electron chi connectivity index (χ2n) is 3.84. The molecule has 0 heterocycles. The highest BCUT2D eigenvalue weighted by Gasteiger charge is 2.19. The molecule has 0 fully saturated rings. The molecule has 9 heteroatoms. The van der Waals surface area contributed by atoms with Gasteiger partial charge in [0.25, 0.3) is 5.69 Å². The number of rotatable bonds is 4. The summed E-state index contributed by atoms with van der Waals surface area (Å²) in [5.41, 5.74) is -0.703. The van der Waals surface area contributed by atoms with Crippen molar-refractivity contribution in [1.29, 1.82) is 0 Å². The maximum Gasteiger partial charge on any atom is 0.313 e. The van der Waals surface area contributed by atoms with Crippen LogP contribution in [0.3, 0.4) is 0 Å². The lowest BCUT2D eigenvalue weighted by atomic mass is 10.2. The van der Waals surface area contributed by atoms with Crippen LogP contribution in [0.4, 0.5) is 11.4 Å². The number of nitro benzene ring substituents is 2. The molecular formula is C12H6Cl2N2O5. The van der Waals surface area contributed by atoms with Gasteiger partial charge in [0.05, 0.1) is 15.9 Å². The summed E-state index contributed by atoms with van der Waals surface area (Å²) in [5.74, 6) is -0.0301. The minimum atomic E-state index is -0.675. The average Bonchev–Trinajstić information content (AvgIpc) is 2.42. The van der Waals surface area contributed by atoms with Gasteiger partial charge in [-0.2, -0.15) is 0 Å². The zero-order chi connectivity index (χ0) is 15.6. The van der Waals surface area contributed by atoms with Crippen LogP contribution in [0.2, 0.25) is 10.0 Å². The number of nitrogens with zero attached hydrogens (tertiary/aromatic N) is 2. The first-order valence-electron chi connectivity index (χ1n) is 5.44. The molecule has 0 aliphatic heterocycles. The van der Waals surface area contributed by atoms with Crippen molar-refractivity contribution < 1.29 is 14.6 Å². The van der Waals surface area contributed by atoms with Gasteiger partial charge in [-0.1, -0.05) is 23.2 Å². The Labute approximate surface area is 128 Å². The topological polar surface area (TPSA) is 95.5 Å². The van der Waals surface area contributed by atoms with Crippen molar-refractivity contribution >= 4 is 34.6 Å². The Morgan fingerprint density at radius 1 is 0.905 bits per heavy atom. The van der Waals surface area contributed by atoms with E-state index in [1.807, 2.05) is 0 Å². The smallest absolute Gasteiger partial charge is 0.313 e. The Bertz CT molecular complexity index is 736. The summed E-state index contributed by atoms with van der Waals surface area (Å²) in [6.07, 6.45) is 0. The van der Waals surface area contributed by atoms with Gasteiger partial charge < -0.3 is 4.74 Å². The van der Waals surface area contributed by atoms with Crippen molar-refractivity contribution in [3.8, 4) is 11.5 Å². The number of ether oxygens (including phenoxy) is 1. The number of hydrogen-bond donors (Lipinski definition) is 0. The molecular weight excluding hydrogens is 323 g/mol. The van der Waals surface area contributed by atoms with E-state index in [1.54, 1.807) is 0 Å². The molecule has 108 valence electrons. The Morgan fingerprint density at radius 2 is 1.57 bits per heavy atom.